The number of rotatable bonds is 6. The Morgan fingerprint density at radius 2 is 2.14 bits per heavy atom. The van der Waals surface area contributed by atoms with Crippen LogP contribution >= 0.6 is 11.3 Å². The number of nitrogens with zero attached hydrogens (tertiary/aromatic N) is 1. The highest BCUT2D eigenvalue weighted by atomic mass is 32.1. The van der Waals surface area contributed by atoms with Crippen LogP contribution in [0.4, 0.5) is 0 Å². The van der Waals surface area contributed by atoms with Gasteiger partial charge in [-0.05, 0) is 38.2 Å². The lowest BCUT2D eigenvalue weighted by Gasteiger charge is -2.05. The summed E-state index contributed by atoms with van der Waals surface area (Å²) in [6.07, 6.45) is 3.75. The second kappa shape index (κ2) is 6.29. The number of hydrogen-bond acceptors (Lipinski definition) is 3. The summed E-state index contributed by atoms with van der Waals surface area (Å²) in [4.78, 5) is 6.36. The maximum absolute atomic E-state index is 4.94. The number of nitrogens with one attached hydrogen (secondary N) is 1. The number of hydrogen-bond donors (Lipinski definition) is 1. The first-order valence-electron chi connectivity index (χ1n) is 7.91. The zero-order chi connectivity index (χ0) is 14.8. The SMILES string of the molecule is Cc1cccc(-c2nc(CC(C)C)c(CNC3CC3)s2)c1. The van der Waals surface area contributed by atoms with E-state index >= 15 is 0 Å². The second-order valence-electron chi connectivity index (χ2n) is 6.51. The van der Waals surface area contributed by atoms with Crippen molar-refractivity contribution in [2.75, 3.05) is 0 Å². The van der Waals surface area contributed by atoms with E-state index in [0.29, 0.717) is 5.92 Å². The van der Waals surface area contributed by atoms with Crippen molar-refractivity contribution in [3.63, 3.8) is 0 Å². The van der Waals surface area contributed by atoms with Crippen LogP contribution in [0.15, 0.2) is 24.3 Å². The summed E-state index contributed by atoms with van der Waals surface area (Å²) in [6.45, 7) is 7.66. The first-order valence-corrected chi connectivity index (χ1v) is 8.72. The molecule has 0 saturated heterocycles. The lowest BCUT2D eigenvalue weighted by Crippen LogP contribution is -2.15. The molecule has 1 fully saturated rings. The summed E-state index contributed by atoms with van der Waals surface area (Å²) in [5, 5.41) is 4.80. The van der Waals surface area contributed by atoms with E-state index in [-0.39, 0.29) is 0 Å². The third-order valence-corrected chi connectivity index (χ3v) is 4.92. The van der Waals surface area contributed by atoms with Crippen LogP contribution in [-0.2, 0) is 13.0 Å². The Kier molecular flexibility index (Phi) is 4.41. The third kappa shape index (κ3) is 3.92. The average Bonchev–Trinajstić information content (AvgIpc) is 3.18. The van der Waals surface area contributed by atoms with Crippen molar-refractivity contribution >= 4 is 11.3 Å². The minimum absolute atomic E-state index is 0.650. The normalized spacial score (nSPS) is 14.9. The van der Waals surface area contributed by atoms with Crippen LogP contribution in [0.5, 0.6) is 0 Å². The Hall–Kier alpha value is -1.19. The van der Waals surface area contributed by atoms with Crippen molar-refractivity contribution in [1.82, 2.24) is 10.3 Å². The first-order chi connectivity index (χ1) is 10.1. The lowest BCUT2D eigenvalue weighted by molar-refractivity contribution is 0.624. The van der Waals surface area contributed by atoms with Gasteiger partial charge in [0, 0.05) is 23.0 Å². The molecule has 0 spiro atoms. The van der Waals surface area contributed by atoms with Crippen LogP contribution in [0.25, 0.3) is 10.6 Å². The standard InChI is InChI=1S/C18H24N2S/c1-12(2)9-16-17(11-19-15-7-8-15)21-18(20-16)14-6-4-5-13(3)10-14/h4-6,10,12,15,19H,7-9,11H2,1-3H3. The van der Waals surface area contributed by atoms with Gasteiger partial charge in [-0.25, -0.2) is 4.98 Å². The zero-order valence-electron chi connectivity index (χ0n) is 13.1. The van der Waals surface area contributed by atoms with E-state index in [1.807, 2.05) is 11.3 Å². The molecule has 0 unspecified atom stereocenters. The van der Waals surface area contributed by atoms with Gasteiger partial charge in [0.25, 0.3) is 0 Å². The Bertz CT molecular complexity index is 611. The van der Waals surface area contributed by atoms with Crippen molar-refractivity contribution in [1.29, 1.82) is 0 Å². The van der Waals surface area contributed by atoms with Crippen LogP contribution in [0, 0.1) is 12.8 Å². The van der Waals surface area contributed by atoms with Crippen molar-refractivity contribution in [3.05, 3.63) is 40.4 Å². The van der Waals surface area contributed by atoms with Crippen molar-refractivity contribution in [2.45, 2.75) is 52.6 Å². The molecule has 0 amide bonds. The third-order valence-electron chi connectivity index (χ3n) is 3.77. The van der Waals surface area contributed by atoms with Gasteiger partial charge in [0.05, 0.1) is 5.69 Å². The Labute approximate surface area is 131 Å². The van der Waals surface area contributed by atoms with Gasteiger partial charge in [-0.2, -0.15) is 0 Å². The molecular weight excluding hydrogens is 276 g/mol. The van der Waals surface area contributed by atoms with E-state index in [9.17, 15) is 0 Å². The molecule has 3 rings (SSSR count). The molecule has 1 N–H and O–H groups in total. The maximum Gasteiger partial charge on any atom is 0.123 e. The van der Waals surface area contributed by atoms with Gasteiger partial charge in [-0.1, -0.05) is 37.6 Å². The van der Waals surface area contributed by atoms with Crippen molar-refractivity contribution in [3.8, 4) is 10.6 Å². The largest absolute Gasteiger partial charge is 0.309 e. The molecule has 1 aliphatic rings. The zero-order valence-corrected chi connectivity index (χ0v) is 14.0. The second-order valence-corrected chi connectivity index (χ2v) is 7.60. The van der Waals surface area contributed by atoms with Gasteiger partial charge in [0.2, 0.25) is 0 Å². The highest BCUT2D eigenvalue weighted by molar-refractivity contribution is 7.15. The Morgan fingerprint density at radius 1 is 1.33 bits per heavy atom. The van der Waals surface area contributed by atoms with Crippen molar-refractivity contribution in [2.24, 2.45) is 5.92 Å². The average molecular weight is 300 g/mol. The highest BCUT2D eigenvalue weighted by Gasteiger charge is 2.22. The van der Waals surface area contributed by atoms with E-state index in [1.165, 1.54) is 39.5 Å². The van der Waals surface area contributed by atoms with Crippen LogP contribution in [-0.4, -0.2) is 11.0 Å². The highest BCUT2D eigenvalue weighted by Crippen LogP contribution is 2.30. The molecule has 0 radical (unpaired) electrons. The molecule has 3 heteroatoms. The number of aryl methyl sites for hydroxylation is 1. The van der Waals surface area contributed by atoms with Gasteiger partial charge in [-0.15, -0.1) is 11.3 Å². The van der Waals surface area contributed by atoms with Crippen LogP contribution < -0.4 is 5.32 Å². The molecule has 1 saturated carbocycles. The quantitative estimate of drug-likeness (QED) is 0.845. The molecule has 1 heterocycles. The van der Waals surface area contributed by atoms with Gasteiger partial charge < -0.3 is 5.32 Å². The Morgan fingerprint density at radius 3 is 2.81 bits per heavy atom. The van der Waals surface area contributed by atoms with E-state index < -0.39 is 0 Å². The molecule has 1 aromatic carbocycles. The van der Waals surface area contributed by atoms with Crippen molar-refractivity contribution < 1.29 is 0 Å². The maximum atomic E-state index is 4.94. The molecule has 112 valence electrons. The molecule has 2 nitrogen and oxygen atoms in total. The molecular formula is C18H24N2S. The molecule has 21 heavy (non-hydrogen) atoms. The molecule has 0 bridgehead atoms. The summed E-state index contributed by atoms with van der Waals surface area (Å²) in [6, 6.07) is 9.42. The summed E-state index contributed by atoms with van der Waals surface area (Å²) in [5.74, 6) is 0.650. The fourth-order valence-electron chi connectivity index (χ4n) is 2.49. The molecule has 0 atom stereocenters. The minimum atomic E-state index is 0.650. The summed E-state index contributed by atoms with van der Waals surface area (Å²) in [5.41, 5.74) is 3.84. The van der Waals surface area contributed by atoms with Gasteiger partial charge in [0.1, 0.15) is 5.01 Å². The van der Waals surface area contributed by atoms with E-state index in [1.54, 1.807) is 0 Å². The van der Waals surface area contributed by atoms with Crippen LogP contribution in [0.1, 0.15) is 42.8 Å². The Balaban J connectivity index is 1.86. The van der Waals surface area contributed by atoms with E-state index in [2.05, 4.69) is 50.4 Å². The first kappa shape index (κ1) is 14.7. The van der Waals surface area contributed by atoms with E-state index in [0.717, 1.165) is 19.0 Å². The van der Waals surface area contributed by atoms with Gasteiger partial charge in [-0.3, -0.25) is 0 Å². The van der Waals surface area contributed by atoms with Gasteiger partial charge >= 0.3 is 0 Å². The predicted molar refractivity (Wildman–Crippen MR) is 90.7 cm³/mol. The lowest BCUT2D eigenvalue weighted by atomic mass is 10.1. The number of benzene rings is 1. The van der Waals surface area contributed by atoms with Crippen LogP contribution in [0.2, 0.25) is 0 Å². The topological polar surface area (TPSA) is 24.9 Å². The minimum Gasteiger partial charge on any atom is -0.309 e. The summed E-state index contributed by atoms with van der Waals surface area (Å²) in [7, 11) is 0. The molecule has 1 aliphatic carbocycles. The fourth-order valence-corrected chi connectivity index (χ4v) is 3.53. The number of thiazole rings is 1. The monoisotopic (exact) mass is 300 g/mol. The molecule has 1 aromatic heterocycles. The van der Waals surface area contributed by atoms with Crippen LogP contribution in [0.3, 0.4) is 0 Å². The van der Waals surface area contributed by atoms with E-state index in [4.69, 9.17) is 4.98 Å². The molecule has 0 aliphatic heterocycles. The number of aromatic nitrogens is 1. The van der Waals surface area contributed by atoms with Gasteiger partial charge in [0.15, 0.2) is 0 Å². The summed E-state index contributed by atoms with van der Waals surface area (Å²) >= 11 is 1.86. The fraction of sp³-hybridized carbons (Fsp3) is 0.500. The predicted octanol–water partition coefficient (Wildman–Crippen LogP) is 4.57. The molecule has 2 aromatic rings. The smallest absolute Gasteiger partial charge is 0.123 e. The summed E-state index contributed by atoms with van der Waals surface area (Å²) < 4.78 is 0.